The van der Waals surface area contributed by atoms with Gasteiger partial charge in [-0.05, 0) is 36.4 Å². The van der Waals surface area contributed by atoms with Gasteiger partial charge in [0.05, 0.1) is 11.3 Å². The van der Waals surface area contributed by atoms with Gasteiger partial charge in [0.1, 0.15) is 0 Å². The predicted octanol–water partition coefficient (Wildman–Crippen LogP) is -1.21. The summed E-state index contributed by atoms with van der Waals surface area (Å²) in [6, 6.07) is 25.3. The quantitative estimate of drug-likeness (QED) is 0.355. The van der Waals surface area contributed by atoms with E-state index in [9.17, 15) is 9.59 Å². The highest BCUT2D eigenvalue weighted by Crippen LogP contribution is 2.15. The second-order valence-electron chi connectivity index (χ2n) is 5.52. The monoisotopic (exact) mass is 423 g/mol. The van der Waals surface area contributed by atoms with E-state index in [1.54, 1.807) is 54.7 Å². The number of hydrazone groups is 1. The first-order valence-electron chi connectivity index (χ1n) is 8.13. The minimum Gasteiger partial charge on any atom is -1.00 e. The summed E-state index contributed by atoms with van der Waals surface area (Å²) in [6.07, 6.45) is 1.68. The Morgan fingerprint density at radius 1 is 0.741 bits per heavy atom. The van der Waals surface area contributed by atoms with Gasteiger partial charge in [-0.1, -0.05) is 48.5 Å². The molecule has 5 nitrogen and oxygen atoms in total. The molecule has 0 aliphatic heterocycles. The van der Waals surface area contributed by atoms with Crippen molar-refractivity contribution in [2.24, 2.45) is 0 Å². The van der Waals surface area contributed by atoms with Crippen LogP contribution in [-0.4, -0.2) is 18.0 Å². The molecule has 3 N–H and O–H groups in total. The van der Waals surface area contributed by atoms with Crippen LogP contribution in [0.3, 0.4) is 0 Å². The second-order valence-corrected chi connectivity index (χ2v) is 5.52. The third-order valence-electron chi connectivity index (χ3n) is 3.68. The zero-order valence-electron chi connectivity index (χ0n) is 14.4. The van der Waals surface area contributed by atoms with E-state index in [4.69, 9.17) is 0 Å². The zero-order chi connectivity index (χ0) is 18.2. The van der Waals surface area contributed by atoms with Gasteiger partial charge in [-0.15, -0.1) is 10.5 Å². The van der Waals surface area contributed by atoms with E-state index >= 15 is 0 Å². The van der Waals surface area contributed by atoms with Gasteiger partial charge >= 0.3 is 5.91 Å². The maximum absolute atomic E-state index is 12.4. The minimum absolute atomic E-state index is 0. The predicted molar refractivity (Wildman–Crippen MR) is 101 cm³/mol. The smallest absolute Gasteiger partial charge is 0.306 e. The lowest BCUT2D eigenvalue weighted by atomic mass is 10.1. The molecule has 136 valence electrons. The fourth-order valence-electron chi connectivity index (χ4n) is 2.38. The average molecular weight is 424 g/mol. The number of anilines is 1. The summed E-state index contributed by atoms with van der Waals surface area (Å²) in [6.45, 7) is 0. The standard InChI is InChI=1S/C21H17N3O2.BrH/c25-20(17-11-5-2-6-12-17)23-19-14-8-7-13-18(19)21(26)24-22-15-16-9-3-1-4-10-16;/h1-15H,(H,23,25)(H,24,26);1H. The van der Waals surface area contributed by atoms with Crippen LogP contribution in [-0.2, 0) is 0 Å². The summed E-state index contributed by atoms with van der Waals surface area (Å²) >= 11 is 0. The summed E-state index contributed by atoms with van der Waals surface area (Å²) in [4.78, 5) is 24.8. The summed E-state index contributed by atoms with van der Waals surface area (Å²) in [5.41, 5.74) is 4.87. The van der Waals surface area contributed by atoms with Crippen LogP contribution in [0.2, 0.25) is 0 Å². The normalized spacial score (nSPS) is 10.1. The van der Waals surface area contributed by atoms with Gasteiger partial charge in [0.15, 0.2) is 6.21 Å². The topological polar surface area (TPSA) is 72.2 Å². The minimum atomic E-state index is -0.346. The Kier molecular flexibility index (Phi) is 7.46. The number of carbonyl (C=O) groups is 2. The number of nitrogens with one attached hydrogen (secondary N) is 3. The summed E-state index contributed by atoms with van der Waals surface area (Å²) in [7, 11) is 0. The number of hydrogen-bond donors (Lipinski definition) is 3. The Hall–Kier alpha value is -3.25. The van der Waals surface area contributed by atoms with Gasteiger partial charge in [-0.3, -0.25) is 9.59 Å². The summed E-state index contributed by atoms with van der Waals surface area (Å²) < 4.78 is 0. The first kappa shape index (κ1) is 20.1. The first-order valence-corrected chi connectivity index (χ1v) is 8.13. The van der Waals surface area contributed by atoms with Crippen LogP contribution < -0.4 is 32.8 Å². The Bertz CT molecular complexity index is 928. The second kappa shape index (κ2) is 10.0. The molecule has 0 saturated heterocycles. The third-order valence-corrected chi connectivity index (χ3v) is 3.68. The molecule has 0 saturated carbocycles. The lowest BCUT2D eigenvalue weighted by Crippen LogP contribution is -3.00. The van der Waals surface area contributed by atoms with E-state index in [-0.39, 0.29) is 28.8 Å². The molecule has 0 aromatic heterocycles. The van der Waals surface area contributed by atoms with Gasteiger partial charge in [-0.25, -0.2) is 0 Å². The van der Waals surface area contributed by atoms with Crippen LogP contribution in [0.1, 0.15) is 26.3 Å². The molecular weight excluding hydrogens is 406 g/mol. The summed E-state index contributed by atoms with van der Waals surface area (Å²) in [5, 5.41) is 5.55. The molecular formula is C21H18BrN3O2. The Morgan fingerprint density at radius 3 is 2.04 bits per heavy atom. The van der Waals surface area contributed by atoms with Gasteiger partial charge in [0, 0.05) is 11.1 Å². The van der Waals surface area contributed by atoms with Crippen molar-refractivity contribution in [2.45, 2.75) is 0 Å². The molecule has 0 bridgehead atoms. The molecule has 3 aromatic carbocycles. The van der Waals surface area contributed by atoms with Crippen LogP contribution in [0.25, 0.3) is 0 Å². The molecule has 0 aliphatic carbocycles. The molecule has 0 fully saturated rings. The van der Waals surface area contributed by atoms with Crippen LogP contribution in [0.15, 0.2) is 84.9 Å². The van der Waals surface area contributed by atoms with Crippen LogP contribution in [0, 0.1) is 0 Å². The van der Waals surface area contributed by atoms with E-state index in [0.29, 0.717) is 16.8 Å². The van der Waals surface area contributed by atoms with Crippen LogP contribution in [0.5, 0.6) is 0 Å². The van der Waals surface area contributed by atoms with Crippen molar-refractivity contribution < 1.29 is 31.7 Å². The average Bonchev–Trinajstić information content (AvgIpc) is 2.70. The first-order chi connectivity index (χ1) is 12.7. The van der Waals surface area contributed by atoms with E-state index < -0.39 is 0 Å². The maximum Gasteiger partial charge on any atom is 0.306 e. The molecule has 0 unspecified atom stereocenters. The number of hydrazine groups is 1. The van der Waals surface area contributed by atoms with E-state index in [1.165, 1.54) is 0 Å². The lowest BCUT2D eigenvalue weighted by Gasteiger charge is -2.09. The van der Waals surface area contributed by atoms with Crippen molar-refractivity contribution in [2.75, 3.05) is 5.32 Å². The number of para-hydroxylation sites is 1. The van der Waals surface area contributed by atoms with Crippen molar-refractivity contribution in [3.8, 4) is 0 Å². The van der Waals surface area contributed by atoms with Gasteiger partial charge in [0.25, 0.3) is 5.91 Å². The highest BCUT2D eigenvalue weighted by Gasteiger charge is 2.14. The van der Waals surface area contributed by atoms with Crippen molar-refractivity contribution in [3.63, 3.8) is 0 Å². The Balaban J connectivity index is 0.00000261. The lowest BCUT2D eigenvalue weighted by molar-refractivity contribution is -0.503. The molecule has 0 radical (unpaired) electrons. The van der Waals surface area contributed by atoms with Crippen LogP contribution in [0.4, 0.5) is 5.69 Å². The fraction of sp³-hybridized carbons (Fsp3) is 0. The fourth-order valence-corrected chi connectivity index (χ4v) is 2.38. The largest absolute Gasteiger partial charge is 1.00 e. The Morgan fingerprint density at radius 2 is 1.33 bits per heavy atom. The highest BCUT2D eigenvalue weighted by molar-refractivity contribution is 6.08. The van der Waals surface area contributed by atoms with Crippen molar-refractivity contribution in [1.29, 1.82) is 0 Å². The Labute approximate surface area is 167 Å². The van der Waals surface area contributed by atoms with E-state index in [1.807, 2.05) is 36.4 Å². The van der Waals surface area contributed by atoms with Crippen molar-refractivity contribution in [1.82, 2.24) is 5.43 Å². The highest BCUT2D eigenvalue weighted by atomic mass is 79.9. The molecule has 3 rings (SSSR count). The molecule has 0 spiro atoms. The van der Waals surface area contributed by atoms with Crippen molar-refractivity contribution >= 4 is 23.7 Å². The van der Waals surface area contributed by atoms with E-state index in [2.05, 4.69) is 15.8 Å². The number of carbonyl (C=O) groups excluding carboxylic acids is 2. The van der Waals surface area contributed by atoms with Gasteiger partial charge < -0.3 is 22.3 Å². The number of amides is 2. The SMILES string of the molecule is O=C(Nc1ccccc1C(=O)N[NH+]=Cc1ccccc1)c1ccccc1.[Br-]. The number of rotatable bonds is 5. The maximum atomic E-state index is 12.4. The molecule has 0 aliphatic rings. The number of hydrogen-bond acceptors (Lipinski definition) is 2. The molecule has 27 heavy (non-hydrogen) atoms. The molecule has 2 amide bonds. The molecule has 0 heterocycles. The number of halogens is 1. The third kappa shape index (κ3) is 5.62. The van der Waals surface area contributed by atoms with Gasteiger partial charge in [-0.2, -0.15) is 0 Å². The number of benzene rings is 3. The van der Waals surface area contributed by atoms with Crippen LogP contribution >= 0.6 is 0 Å². The molecule has 0 atom stereocenters. The van der Waals surface area contributed by atoms with Gasteiger partial charge in [0.2, 0.25) is 0 Å². The zero-order valence-corrected chi connectivity index (χ0v) is 15.9. The van der Waals surface area contributed by atoms with Crippen molar-refractivity contribution in [3.05, 3.63) is 102 Å². The molecule has 6 heteroatoms. The van der Waals surface area contributed by atoms with E-state index in [0.717, 1.165) is 5.56 Å². The summed E-state index contributed by atoms with van der Waals surface area (Å²) in [5.74, 6) is -0.615. The molecule has 3 aromatic rings.